The van der Waals surface area contributed by atoms with Gasteiger partial charge < -0.3 is 11.1 Å². The smallest absolute Gasteiger partial charge is 0.0205 e. The van der Waals surface area contributed by atoms with E-state index in [0.717, 1.165) is 19.5 Å². The SMILES string of the molecule is CSc1ccc(CNCCC(C)N)cc1. The topological polar surface area (TPSA) is 38.0 Å². The van der Waals surface area contributed by atoms with Crippen molar-refractivity contribution in [3.63, 3.8) is 0 Å². The third-order valence-corrected chi connectivity index (χ3v) is 3.01. The van der Waals surface area contributed by atoms with Crippen molar-refractivity contribution in [2.75, 3.05) is 12.8 Å². The van der Waals surface area contributed by atoms with Gasteiger partial charge in [0.25, 0.3) is 0 Å². The number of hydrogen-bond acceptors (Lipinski definition) is 3. The zero-order valence-electron chi connectivity index (χ0n) is 9.49. The summed E-state index contributed by atoms with van der Waals surface area (Å²) in [5.74, 6) is 0. The molecule has 0 aromatic heterocycles. The molecule has 0 aliphatic carbocycles. The highest BCUT2D eigenvalue weighted by molar-refractivity contribution is 7.98. The Bertz CT molecular complexity index is 269. The minimum atomic E-state index is 0.288. The number of benzene rings is 1. The highest BCUT2D eigenvalue weighted by Gasteiger charge is 1.95. The van der Waals surface area contributed by atoms with Gasteiger partial charge in [-0.1, -0.05) is 12.1 Å². The fourth-order valence-corrected chi connectivity index (χ4v) is 1.71. The summed E-state index contributed by atoms with van der Waals surface area (Å²) in [7, 11) is 0. The third-order valence-electron chi connectivity index (χ3n) is 2.26. The summed E-state index contributed by atoms with van der Waals surface area (Å²) in [5, 5.41) is 3.38. The van der Waals surface area contributed by atoms with Crippen LogP contribution >= 0.6 is 11.8 Å². The summed E-state index contributed by atoms with van der Waals surface area (Å²) < 4.78 is 0. The lowest BCUT2D eigenvalue weighted by Gasteiger charge is -2.07. The van der Waals surface area contributed by atoms with Gasteiger partial charge in [0, 0.05) is 17.5 Å². The average molecular weight is 224 g/mol. The number of rotatable bonds is 6. The molecule has 0 radical (unpaired) electrons. The molecule has 1 aromatic carbocycles. The molecule has 1 rings (SSSR count). The average Bonchev–Trinajstić information content (AvgIpc) is 2.25. The van der Waals surface area contributed by atoms with Gasteiger partial charge in [-0.2, -0.15) is 0 Å². The van der Waals surface area contributed by atoms with E-state index in [9.17, 15) is 0 Å². The van der Waals surface area contributed by atoms with E-state index in [4.69, 9.17) is 5.73 Å². The molecule has 1 atom stereocenters. The van der Waals surface area contributed by atoms with Gasteiger partial charge >= 0.3 is 0 Å². The second-order valence-corrected chi connectivity index (χ2v) is 4.67. The number of thioether (sulfide) groups is 1. The first-order chi connectivity index (χ1) is 7.22. The number of nitrogens with one attached hydrogen (secondary N) is 1. The Balaban J connectivity index is 2.25. The van der Waals surface area contributed by atoms with E-state index in [-0.39, 0.29) is 6.04 Å². The van der Waals surface area contributed by atoms with E-state index in [1.807, 2.05) is 6.92 Å². The van der Waals surface area contributed by atoms with Crippen LogP contribution in [0.5, 0.6) is 0 Å². The lowest BCUT2D eigenvalue weighted by atomic mass is 10.2. The van der Waals surface area contributed by atoms with E-state index in [0.29, 0.717) is 0 Å². The van der Waals surface area contributed by atoms with Crippen LogP contribution in [-0.2, 0) is 6.54 Å². The summed E-state index contributed by atoms with van der Waals surface area (Å²) >= 11 is 1.77. The van der Waals surface area contributed by atoms with Crippen molar-refractivity contribution in [2.24, 2.45) is 5.73 Å². The van der Waals surface area contributed by atoms with Crippen LogP contribution in [0.15, 0.2) is 29.2 Å². The van der Waals surface area contributed by atoms with Crippen molar-refractivity contribution in [2.45, 2.75) is 30.8 Å². The molecule has 2 nitrogen and oxygen atoms in total. The molecule has 3 N–H and O–H groups in total. The molecule has 0 aliphatic rings. The van der Waals surface area contributed by atoms with Gasteiger partial charge in [-0.25, -0.2) is 0 Å². The molecule has 0 amide bonds. The lowest BCUT2D eigenvalue weighted by Crippen LogP contribution is -2.23. The van der Waals surface area contributed by atoms with Crippen LogP contribution in [0.2, 0.25) is 0 Å². The summed E-state index contributed by atoms with van der Waals surface area (Å²) in [4.78, 5) is 1.31. The second kappa shape index (κ2) is 6.88. The Morgan fingerprint density at radius 2 is 2.00 bits per heavy atom. The molecule has 0 heterocycles. The van der Waals surface area contributed by atoms with E-state index in [1.165, 1.54) is 10.5 Å². The van der Waals surface area contributed by atoms with E-state index >= 15 is 0 Å². The molecular weight excluding hydrogens is 204 g/mol. The third kappa shape index (κ3) is 5.21. The van der Waals surface area contributed by atoms with Gasteiger partial charge in [0.1, 0.15) is 0 Å². The van der Waals surface area contributed by atoms with E-state index < -0.39 is 0 Å². The molecule has 3 heteroatoms. The Kier molecular flexibility index (Phi) is 5.76. The van der Waals surface area contributed by atoms with Gasteiger partial charge in [0.05, 0.1) is 0 Å². The van der Waals surface area contributed by atoms with Gasteiger partial charge in [0.2, 0.25) is 0 Å². The predicted octanol–water partition coefficient (Wildman–Crippen LogP) is 2.24. The molecule has 0 spiro atoms. The largest absolute Gasteiger partial charge is 0.328 e. The number of hydrogen-bond donors (Lipinski definition) is 2. The molecule has 0 fully saturated rings. The zero-order chi connectivity index (χ0) is 11.1. The van der Waals surface area contributed by atoms with E-state index in [2.05, 4.69) is 35.8 Å². The Hall–Kier alpha value is -0.510. The Labute approximate surface area is 96.6 Å². The van der Waals surface area contributed by atoms with Crippen LogP contribution in [0.4, 0.5) is 0 Å². The normalized spacial score (nSPS) is 12.7. The standard InChI is InChI=1S/C12H20N2S/c1-10(13)7-8-14-9-11-3-5-12(15-2)6-4-11/h3-6,10,14H,7-9,13H2,1-2H3. The quantitative estimate of drug-likeness (QED) is 0.575. The van der Waals surface area contributed by atoms with Crippen molar-refractivity contribution >= 4 is 11.8 Å². The van der Waals surface area contributed by atoms with Crippen LogP contribution in [-0.4, -0.2) is 18.8 Å². The minimum Gasteiger partial charge on any atom is -0.328 e. The van der Waals surface area contributed by atoms with Gasteiger partial charge in [-0.05, 0) is 43.8 Å². The molecule has 0 bridgehead atoms. The monoisotopic (exact) mass is 224 g/mol. The molecule has 84 valence electrons. The van der Waals surface area contributed by atoms with Crippen molar-refractivity contribution in [3.05, 3.63) is 29.8 Å². The molecule has 1 unspecified atom stereocenters. The maximum Gasteiger partial charge on any atom is 0.0205 e. The maximum absolute atomic E-state index is 5.67. The first-order valence-corrected chi connectivity index (χ1v) is 6.54. The minimum absolute atomic E-state index is 0.288. The van der Waals surface area contributed by atoms with Crippen LogP contribution in [0, 0.1) is 0 Å². The van der Waals surface area contributed by atoms with Gasteiger partial charge in [-0.15, -0.1) is 11.8 Å². The summed E-state index contributed by atoms with van der Waals surface area (Å²) in [6.45, 7) is 3.96. The molecule has 0 saturated heterocycles. The predicted molar refractivity (Wildman–Crippen MR) is 68.2 cm³/mol. The van der Waals surface area contributed by atoms with Gasteiger partial charge in [0.15, 0.2) is 0 Å². The Morgan fingerprint density at radius 3 is 2.53 bits per heavy atom. The molecule has 0 aliphatic heterocycles. The molecule has 1 aromatic rings. The maximum atomic E-state index is 5.67. The van der Waals surface area contributed by atoms with Crippen molar-refractivity contribution < 1.29 is 0 Å². The van der Waals surface area contributed by atoms with Crippen LogP contribution in [0.25, 0.3) is 0 Å². The van der Waals surface area contributed by atoms with E-state index in [1.54, 1.807) is 11.8 Å². The molecule has 0 saturated carbocycles. The fourth-order valence-electron chi connectivity index (χ4n) is 1.31. The summed E-state index contributed by atoms with van der Waals surface area (Å²) in [5.41, 5.74) is 7.00. The van der Waals surface area contributed by atoms with Crippen LogP contribution in [0.1, 0.15) is 18.9 Å². The van der Waals surface area contributed by atoms with Crippen LogP contribution < -0.4 is 11.1 Å². The second-order valence-electron chi connectivity index (χ2n) is 3.79. The first-order valence-electron chi connectivity index (χ1n) is 5.31. The van der Waals surface area contributed by atoms with Crippen molar-refractivity contribution in [3.8, 4) is 0 Å². The zero-order valence-corrected chi connectivity index (χ0v) is 10.3. The highest BCUT2D eigenvalue weighted by Crippen LogP contribution is 2.14. The summed E-state index contributed by atoms with van der Waals surface area (Å²) in [6, 6.07) is 8.95. The molecule has 15 heavy (non-hydrogen) atoms. The van der Waals surface area contributed by atoms with Crippen molar-refractivity contribution in [1.29, 1.82) is 0 Å². The summed E-state index contributed by atoms with van der Waals surface area (Å²) in [6.07, 6.45) is 3.12. The van der Waals surface area contributed by atoms with Crippen molar-refractivity contribution in [1.82, 2.24) is 5.32 Å². The Morgan fingerprint density at radius 1 is 1.33 bits per heavy atom. The number of nitrogens with two attached hydrogens (primary N) is 1. The fraction of sp³-hybridized carbons (Fsp3) is 0.500. The van der Waals surface area contributed by atoms with Gasteiger partial charge in [-0.3, -0.25) is 0 Å². The highest BCUT2D eigenvalue weighted by atomic mass is 32.2. The lowest BCUT2D eigenvalue weighted by molar-refractivity contribution is 0.589. The first kappa shape index (κ1) is 12.6. The van der Waals surface area contributed by atoms with Crippen LogP contribution in [0.3, 0.4) is 0 Å². The molecular formula is C12H20N2S.